The number of likely N-dealkylation sites (tertiary alicyclic amines) is 1. The predicted octanol–water partition coefficient (Wildman–Crippen LogP) is 1.96. The summed E-state index contributed by atoms with van der Waals surface area (Å²) in [4.78, 5) is 25.3. The second-order valence-corrected chi connectivity index (χ2v) is 9.36. The van der Waals surface area contributed by atoms with Gasteiger partial charge in [0, 0.05) is 37.2 Å². The normalized spacial score (nSPS) is 16.4. The average Bonchev–Trinajstić information content (AvgIpc) is 2.53. The molecule has 0 atom stereocenters. The van der Waals surface area contributed by atoms with E-state index in [0.717, 1.165) is 0 Å². The molecule has 1 saturated heterocycles. The summed E-state index contributed by atoms with van der Waals surface area (Å²) in [5, 5.41) is 2.60. The third-order valence-corrected chi connectivity index (χ3v) is 5.77. The van der Waals surface area contributed by atoms with Gasteiger partial charge in [0.1, 0.15) is 0 Å². The molecule has 1 aromatic rings. The van der Waals surface area contributed by atoms with Gasteiger partial charge >= 0.3 is 0 Å². The number of carbonyl (C=O) groups excluding carboxylic acids is 2. The highest BCUT2D eigenvalue weighted by Crippen LogP contribution is 2.22. The van der Waals surface area contributed by atoms with Gasteiger partial charge in [-0.05, 0) is 37.1 Å². The van der Waals surface area contributed by atoms with Crippen LogP contribution < -0.4 is 10.0 Å². The Labute approximate surface area is 155 Å². The van der Waals surface area contributed by atoms with E-state index in [1.54, 1.807) is 17.0 Å². The van der Waals surface area contributed by atoms with Gasteiger partial charge in [-0.2, -0.15) is 0 Å². The van der Waals surface area contributed by atoms with Crippen LogP contribution in [0.25, 0.3) is 0 Å². The summed E-state index contributed by atoms with van der Waals surface area (Å²) in [7, 11) is -3.64. The molecule has 2 rings (SSSR count). The summed E-state index contributed by atoms with van der Waals surface area (Å²) in [6.45, 7) is 8.14. The van der Waals surface area contributed by atoms with Crippen molar-refractivity contribution >= 4 is 27.5 Å². The minimum absolute atomic E-state index is 0.0902. The molecular formula is C18H27N3O4S. The van der Waals surface area contributed by atoms with Crippen molar-refractivity contribution in [3.8, 4) is 0 Å². The smallest absolute Gasteiger partial charge is 0.240 e. The first-order valence-corrected chi connectivity index (χ1v) is 10.2. The van der Waals surface area contributed by atoms with Crippen LogP contribution in [0.1, 0.15) is 40.5 Å². The molecule has 0 radical (unpaired) electrons. The number of sulfonamides is 1. The van der Waals surface area contributed by atoms with Crippen LogP contribution in [-0.4, -0.2) is 44.3 Å². The van der Waals surface area contributed by atoms with Crippen molar-refractivity contribution in [2.24, 2.45) is 5.41 Å². The highest BCUT2D eigenvalue weighted by Gasteiger charge is 2.31. The molecular weight excluding hydrogens is 354 g/mol. The summed E-state index contributed by atoms with van der Waals surface area (Å²) in [6, 6.07) is 5.85. The maximum atomic E-state index is 12.5. The summed E-state index contributed by atoms with van der Waals surface area (Å²) < 4.78 is 27.8. The topological polar surface area (TPSA) is 95.6 Å². The second kappa shape index (κ2) is 7.75. The number of hydrogen-bond acceptors (Lipinski definition) is 4. The number of amides is 2. The molecule has 1 aliphatic rings. The fourth-order valence-corrected chi connectivity index (χ4v) is 4.19. The van der Waals surface area contributed by atoms with Gasteiger partial charge in [0.25, 0.3) is 0 Å². The van der Waals surface area contributed by atoms with E-state index in [-0.39, 0.29) is 22.8 Å². The van der Waals surface area contributed by atoms with E-state index >= 15 is 0 Å². The van der Waals surface area contributed by atoms with Crippen LogP contribution in [0.4, 0.5) is 5.69 Å². The number of hydrogen-bond donors (Lipinski definition) is 2. The number of benzene rings is 1. The molecule has 1 aliphatic heterocycles. The number of rotatable bonds is 4. The number of piperidine rings is 1. The van der Waals surface area contributed by atoms with Crippen LogP contribution >= 0.6 is 0 Å². The summed E-state index contributed by atoms with van der Waals surface area (Å²) >= 11 is 0. The monoisotopic (exact) mass is 381 g/mol. The van der Waals surface area contributed by atoms with Crippen molar-refractivity contribution in [3.63, 3.8) is 0 Å². The molecule has 2 N–H and O–H groups in total. The highest BCUT2D eigenvalue weighted by molar-refractivity contribution is 7.89. The zero-order chi connectivity index (χ0) is 19.5. The lowest BCUT2D eigenvalue weighted by Gasteiger charge is -2.35. The van der Waals surface area contributed by atoms with Crippen LogP contribution in [0.3, 0.4) is 0 Å². The molecule has 0 bridgehead atoms. The minimum Gasteiger partial charge on any atom is -0.342 e. The number of nitrogens with zero attached hydrogens (tertiary/aromatic N) is 1. The average molecular weight is 381 g/mol. The van der Waals surface area contributed by atoms with E-state index in [1.165, 1.54) is 19.1 Å². The molecule has 1 heterocycles. The summed E-state index contributed by atoms with van der Waals surface area (Å²) in [5.74, 6) is -0.123. The molecule has 144 valence electrons. The quantitative estimate of drug-likeness (QED) is 0.833. The van der Waals surface area contributed by atoms with Crippen LogP contribution in [0, 0.1) is 5.41 Å². The fraction of sp³-hybridized carbons (Fsp3) is 0.556. The Hall–Kier alpha value is -1.93. The second-order valence-electron chi connectivity index (χ2n) is 7.64. The first-order chi connectivity index (χ1) is 12.0. The molecule has 0 saturated carbocycles. The molecule has 0 unspecified atom stereocenters. The Morgan fingerprint density at radius 3 is 2.08 bits per heavy atom. The first kappa shape index (κ1) is 20.4. The van der Waals surface area contributed by atoms with E-state index in [9.17, 15) is 18.0 Å². The Balaban J connectivity index is 1.96. The highest BCUT2D eigenvalue weighted by atomic mass is 32.2. The summed E-state index contributed by atoms with van der Waals surface area (Å²) in [5.41, 5.74) is 0.118. The van der Waals surface area contributed by atoms with Gasteiger partial charge in [0.05, 0.1) is 4.90 Å². The van der Waals surface area contributed by atoms with Crippen molar-refractivity contribution in [1.82, 2.24) is 9.62 Å². The molecule has 8 heteroatoms. The maximum absolute atomic E-state index is 12.5. The van der Waals surface area contributed by atoms with Crippen molar-refractivity contribution in [3.05, 3.63) is 24.3 Å². The van der Waals surface area contributed by atoms with E-state index in [0.29, 0.717) is 31.6 Å². The Morgan fingerprint density at radius 1 is 1.08 bits per heavy atom. The van der Waals surface area contributed by atoms with Gasteiger partial charge in [0.2, 0.25) is 21.8 Å². The standard InChI is InChI=1S/C18H27N3O4S/c1-13(22)19-14-5-7-16(8-6-14)26(24,25)20-15-9-11-21(12-10-15)17(23)18(2,3)4/h5-8,15,20H,9-12H2,1-4H3,(H,19,22). The minimum atomic E-state index is -3.64. The number of anilines is 1. The third kappa shape index (κ3) is 5.28. The Kier molecular flexibility index (Phi) is 6.08. The molecule has 1 fully saturated rings. The van der Waals surface area contributed by atoms with E-state index in [4.69, 9.17) is 0 Å². The molecule has 26 heavy (non-hydrogen) atoms. The molecule has 1 aromatic carbocycles. The molecule has 7 nitrogen and oxygen atoms in total. The van der Waals surface area contributed by atoms with Gasteiger partial charge < -0.3 is 10.2 Å². The van der Waals surface area contributed by atoms with Crippen molar-refractivity contribution in [2.45, 2.75) is 51.5 Å². The SMILES string of the molecule is CC(=O)Nc1ccc(S(=O)(=O)NC2CCN(C(=O)C(C)(C)C)CC2)cc1. The van der Waals surface area contributed by atoms with Gasteiger partial charge in [-0.1, -0.05) is 20.8 Å². The lowest BCUT2D eigenvalue weighted by Crippen LogP contribution is -2.49. The molecule has 0 spiro atoms. The third-order valence-electron chi connectivity index (χ3n) is 4.23. The maximum Gasteiger partial charge on any atom is 0.240 e. The van der Waals surface area contributed by atoms with Crippen LogP contribution in [-0.2, 0) is 19.6 Å². The van der Waals surface area contributed by atoms with Crippen LogP contribution in [0.5, 0.6) is 0 Å². The predicted molar refractivity (Wildman–Crippen MR) is 100 cm³/mol. The molecule has 0 aromatic heterocycles. The number of nitrogens with one attached hydrogen (secondary N) is 2. The van der Waals surface area contributed by atoms with Gasteiger partial charge in [0.15, 0.2) is 0 Å². The van der Waals surface area contributed by atoms with Crippen LogP contribution in [0.2, 0.25) is 0 Å². The zero-order valence-electron chi connectivity index (χ0n) is 15.7. The Bertz CT molecular complexity index is 759. The van der Waals surface area contributed by atoms with Crippen molar-refractivity contribution in [1.29, 1.82) is 0 Å². The van der Waals surface area contributed by atoms with Crippen molar-refractivity contribution in [2.75, 3.05) is 18.4 Å². The lowest BCUT2D eigenvalue weighted by atomic mass is 9.93. The van der Waals surface area contributed by atoms with Gasteiger partial charge in [-0.25, -0.2) is 13.1 Å². The largest absolute Gasteiger partial charge is 0.342 e. The molecule has 0 aliphatic carbocycles. The molecule has 2 amide bonds. The summed E-state index contributed by atoms with van der Waals surface area (Å²) in [6.07, 6.45) is 1.18. The Morgan fingerprint density at radius 2 is 1.62 bits per heavy atom. The van der Waals surface area contributed by atoms with E-state index in [1.807, 2.05) is 20.8 Å². The van der Waals surface area contributed by atoms with Crippen LogP contribution in [0.15, 0.2) is 29.2 Å². The van der Waals surface area contributed by atoms with E-state index < -0.39 is 15.4 Å². The fourth-order valence-electron chi connectivity index (χ4n) is 2.88. The first-order valence-electron chi connectivity index (χ1n) is 8.68. The van der Waals surface area contributed by atoms with Crippen molar-refractivity contribution < 1.29 is 18.0 Å². The van der Waals surface area contributed by atoms with Gasteiger partial charge in [-0.3, -0.25) is 9.59 Å². The van der Waals surface area contributed by atoms with Gasteiger partial charge in [-0.15, -0.1) is 0 Å². The lowest BCUT2D eigenvalue weighted by molar-refractivity contribution is -0.140. The zero-order valence-corrected chi connectivity index (χ0v) is 16.5. The van der Waals surface area contributed by atoms with E-state index in [2.05, 4.69) is 10.0 Å². The number of carbonyl (C=O) groups is 2.